The lowest BCUT2D eigenvalue weighted by Gasteiger charge is -2.08. The largest absolute Gasteiger partial charge is 0.494 e. The Balaban J connectivity index is 1.78. The summed E-state index contributed by atoms with van der Waals surface area (Å²) in [5, 5.41) is 0. The fourth-order valence-electron chi connectivity index (χ4n) is 1.79. The predicted molar refractivity (Wildman–Crippen MR) is 83.0 cm³/mol. The molecule has 0 radical (unpaired) electrons. The molecule has 0 spiro atoms. The van der Waals surface area contributed by atoms with Gasteiger partial charge in [0.25, 0.3) is 0 Å². The van der Waals surface area contributed by atoms with Gasteiger partial charge in [-0.15, -0.1) is 11.6 Å². The number of unbranched alkanes of at least 4 members (excludes halogenated alkanes) is 2. The number of ether oxygens (including phenoxy) is 2. The van der Waals surface area contributed by atoms with Crippen LogP contribution in [-0.4, -0.2) is 12.5 Å². The van der Waals surface area contributed by atoms with E-state index >= 15 is 0 Å². The van der Waals surface area contributed by atoms with Crippen LogP contribution >= 0.6 is 11.6 Å². The predicted octanol–water partition coefficient (Wildman–Crippen LogP) is 5.27. The summed E-state index contributed by atoms with van der Waals surface area (Å²) >= 11 is 5.63. The Morgan fingerprint density at radius 3 is 2.05 bits per heavy atom. The zero-order valence-electron chi connectivity index (χ0n) is 11.4. The second-order valence-corrected chi connectivity index (χ2v) is 4.86. The Morgan fingerprint density at radius 2 is 1.35 bits per heavy atom. The molecule has 2 rings (SSSR count). The molecular formula is C17H19ClO2. The molecule has 0 aromatic heterocycles. The summed E-state index contributed by atoms with van der Waals surface area (Å²) in [6, 6.07) is 17.4. The van der Waals surface area contributed by atoms with Crippen LogP contribution in [-0.2, 0) is 0 Å². The molecule has 0 atom stereocenters. The van der Waals surface area contributed by atoms with Gasteiger partial charge in [0.2, 0.25) is 0 Å². The number of hydrogen-bond donors (Lipinski definition) is 0. The van der Waals surface area contributed by atoms with Crippen LogP contribution in [0.1, 0.15) is 19.3 Å². The van der Waals surface area contributed by atoms with Crippen molar-refractivity contribution in [1.29, 1.82) is 0 Å². The lowest BCUT2D eigenvalue weighted by atomic mass is 10.2. The number of benzene rings is 2. The molecule has 0 saturated heterocycles. The van der Waals surface area contributed by atoms with E-state index in [1.165, 1.54) is 0 Å². The summed E-state index contributed by atoms with van der Waals surface area (Å²) < 4.78 is 11.4. The van der Waals surface area contributed by atoms with Crippen LogP contribution in [0.4, 0.5) is 0 Å². The van der Waals surface area contributed by atoms with E-state index < -0.39 is 0 Å². The molecule has 0 bridgehead atoms. The Bertz CT molecular complexity index is 482. The SMILES string of the molecule is ClCCCCCOc1ccc(Oc2ccccc2)cc1. The Morgan fingerprint density at radius 1 is 0.700 bits per heavy atom. The van der Waals surface area contributed by atoms with Crippen LogP contribution in [0.2, 0.25) is 0 Å². The monoisotopic (exact) mass is 290 g/mol. The maximum Gasteiger partial charge on any atom is 0.127 e. The van der Waals surface area contributed by atoms with E-state index in [1.54, 1.807) is 0 Å². The van der Waals surface area contributed by atoms with Crippen molar-refractivity contribution in [3.8, 4) is 17.2 Å². The summed E-state index contributed by atoms with van der Waals surface area (Å²) in [6.45, 7) is 0.732. The number of rotatable bonds is 8. The third-order valence-corrected chi connectivity index (χ3v) is 3.12. The van der Waals surface area contributed by atoms with Crippen molar-refractivity contribution < 1.29 is 9.47 Å². The minimum atomic E-state index is 0.728. The van der Waals surface area contributed by atoms with Crippen molar-refractivity contribution in [1.82, 2.24) is 0 Å². The number of hydrogen-bond acceptors (Lipinski definition) is 2. The average Bonchev–Trinajstić information content (AvgIpc) is 2.50. The maximum absolute atomic E-state index is 5.72. The molecule has 0 aliphatic heterocycles. The van der Waals surface area contributed by atoms with Crippen molar-refractivity contribution in [3.63, 3.8) is 0 Å². The molecular weight excluding hydrogens is 272 g/mol. The number of halogens is 1. The molecule has 2 aromatic rings. The summed E-state index contributed by atoms with van der Waals surface area (Å²) in [4.78, 5) is 0. The maximum atomic E-state index is 5.72. The molecule has 3 heteroatoms. The first-order valence-electron chi connectivity index (χ1n) is 6.90. The molecule has 0 saturated carbocycles. The Hall–Kier alpha value is -1.67. The summed E-state index contributed by atoms with van der Waals surface area (Å²) in [5.74, 6) is 3.25. The molecule has 2 aromatic carbocycles. The summed E-state index contributed by atoms with van der Waals surface area (Å²) in [5.41, 5.74) is 0. The molecule has 0 N–H and O–H groups in total. The molecule has 0 aliphatic carbocycles. The van der Waals surface area contributed by atoms with Gasteiger partial charge in [-0.2, -0.15) is 0 Å². The van der Waals surface area contributed by atoms with Gasteiger partial charge in [0.05, 0.1) is 6.61 Å². The van der Waals surface area contributed by atoms with E-state index in [-0.39, 0.29) is 0 Å². The van der Waals surface area contributed by atoms with Crippen molar-refractivity contribution in [2.45, 2.75) is 19.3 Å². The van der Waals surface area contributed by atoms with Gasteiger partial charge in [0.1, 0.15) is 17.2 Å². The van der Waals surface area contributed by atoms with E-state index in [0.717, 1.165) is 49.0 Å². The Labute approximate surface area is 125 Å². The van der Waals surface area contributed by atoms with Gasteiger partial charge in [0.15, 0.2) is 0 Å². The normalized spacial score (nSPS) is 10.2. The third-order valence-electron chi connectivity index (χ3n) is 2.85. The van der Waals surface area contributed by atoms with Crippen molar-refractivity contribution in [2.24, 2.45) is 0 Å². The van der Waals surface area contributed by atoms with Crippen molar-refractivity contribution in [2.75, 3.05) is 12.5 Å². The molecule has 0 fully saturated rings. The molecule has 106 valence electrons. The zero-order chi connectivity index (χ0) is 14.0. The lowest BCUT2D eigenvalue weighted by molar-refractivity contribution is 0.306. The highest BCUT2D eigenvalue weighted by Crippen LogP contribution is 2.23. The summed E-state index contributed by atoms with van der Waals surface area (Å²) in [6.07, 6.45) is 3.20. The first-order valence-corrected chi connectivity index (χ1v) is 7.43. The van der Waals surface area contributed by atoms with Gasteiger partial charge in [-0.05, 0) is 55.7 Å². The molecule has 20 heavy (non-hydrogen) atoms. The van der Waals surface area contributed by atoms with Crippen LogP contribution in [0.5, 0.6) is 17.2 Å². The smallest absolute Gasteiger partial charge is 0.127 e. The first kappa shape index (κ1) is 14.7. The van der Waals surface area contributed by atoms with Gasteiger partial charge >= 0.3 is 0 Å². The van der Waals surface area contributed by atoms with E-state index in [0.29, 0.717) is 0 Å². The molecule has 0 unspecified atom stereocenters. The standard InChI is InChI=1S/C17H19ClO2/c18-13-5-2-6-14-19-15-9-11-17(12-10-15)20-16-7-3-1-4-8-16/h1,3-4,7-12H,2,5-6,13-14H2. The molecule has 0 amide bonds. The lowest BCUT2D eigenvalue weighted by Crippen LogP contribution is -1.97. The van der Waals surface area contributed by atoms with Gasteiger partial charge in [-0.25, -0.2) is 0 Å². The van der Waals surface area contributed by atoms with Crippen LogP contribution in [0.15, 0.2) is 54.6 Å². The highest BCUT2D eigenvalue weighted by Gasteiger charge is 1.98. The molecule has 0 heterocycles. The highest BCUT2D eigenvalue weighted by molar-refractivity contribution is 6.17. The van der Waals surface area contributed by atoms with Gasteiger partial charge in [-0.1, -0.05) is 18.2 Å². The van der Waals surface area contributed by atoms with Crippen molar-refractivity contribution in [3.05, 3.63) is 54.6 Å². The quantitative estimate of drug-likeness (QED) is 0.487. The number of alkyl halides is 1. The summed E-state index contributed by atoms with van der Waals surface area (Å²) in [7, 11) is 0. The van der Waals surface area contributed by atoms with E-state index in [9.17, 15) is 0 Å². The van der Waals surface area contributed by atoms with Crippen LogP contribution in [0, 0.1) is 0 Å². The minimum absolute atomic E-state index is 0.728. The second kappa shape index (κ2) is 8.49. The van der Waals surface area contributed by atoms with Gasteiger partial charge in [-0.3, -0.25) is 0 Å². The topological polar surface area (TPSA) is 18.5 Å². The fraction of sp³-hybridized carbons (Fsp3) is 0.294. The second-order valence-electron chi connectivity index (χ2n) is 4.48. The van der Waals surface area contributed by atoms with Gasteiger partial charge in [0, 0.05) is 5.88 Å². The molecule has 0 aliphatic rings. The van der Waals surface area contributed by atoms with Crippen LogP contribution < -0.4 is 9.47 Å². The molecule has 2 nitrogen and oxygen atoms in total. The van der Waals surface area contributed by atoms with Crippen LogP contribution in [0.25, 0.3) is 0 Å². The van der Waals surface area contributed by atoms with E-state index in [1.807, 2.05) is 54.6 Å². The Kier molecular flexibility index (Phi) is 6.25. The zero-order valence-corrected chi connectivity index (χ0v) is 12.2. The van der Waals surface area contributed by atoms with E-state index in [2.05, 4.69) is 0 Å². The van der Waals surface area contributed by atoms with Crippen LogP contribution in [0.3, 0.4) is 0 Å². The van der Waals surface area contributed by atoms with Gasteiger partial charge < -0.3 is 9.47 Å². The third kappa shape index (κ3) is 5.14. The first-order chi connectivity index (χ1) is 9.88. The van der Waals surface area contributed by atoms with Crippen molar-refractivity contribution >= 4 is 11.6 Å². The minimum Gasteiger partial charge on any atom is -0.494 e. The fourth-order valence-corrected chi connectivity index (χ4v) is 1.98. The highest BCUT2D eigenvalue weighted by atomic mass is 35.5. The average molecular weight is 291 g/mol. The number of para-hydroxylation sites is 1. The van der Waals surface area contributed by atoms with E-state index in [4.69, 9.17) is 21.1 Å².